The molecule has 0 aromatic heterocycles. The van der Waals surface area contributed by atoms with E-state index in [0.29, 0.717) is 17.9 Å². The second-order valence-electron chi connectivity index (χ2n) is 5.53. The van der Waals surface area contributed by atoms with Gasteiger partial charge in [0.2, 0.25) is 5.91 Å². The van der Waals surface area contributed by atoms with Crippen LogP contribution < -0.4 is 14.4 Å². The van der Waals surface area contributed by atoms with Crippen LogP contribution in [0.15, 0.2) is 48.5 Å². The first kappa shape index (κ1) is 16.9. The van der Waals surface area contributed by atoms with Gasteiger partial charge >= 0.3 is 0 Å². The van der Waals surface area contributed by atoms with Gasteiger partial charge in [0.05, 0.1) is 14.2 Å². The molecule has 1 atom stereocenters. The molecule has 2 rings (SSSR count). The van der Waals surface area contributed by atoms with Gasteiger partial charge in [-0.05, 0) is 36.2 Å². The molecule has 0 saturated heterocycles. The Balaban J connectivity index is 2.09. The van der Waals surface area contributed by atoms with Gasteiger partial charge in [-0.15, -0.1) is 0 Å². The second kappa shape index (κ2) is 7.68. The van der Waals surface area contributed by atoms with Gasteiger partial charge in [-0.1, -0.05) is 31.2 Å². The summed E-state index contributed by atoms with van der Waals surface area (Å²) in [6, 6.07) is 15.4. The zero-order chi connectivity index (χ0) is 16.8. The quantitative estimate of drug-likeness (QED) is 0.818. The van der Waals surface area contributed by atoms with Crippen molar-refractivity contribution in [2.75, 3.05) is 26.2 Å². The zero-order valence-electron chi connectivity index (χ0n) is 14.1. The number of hydrogen-bond donors (Lipinski definition) is 0. The lowest BCUT2D eigenvalue weighted by molar-refractivity contribution is -0.121. The molecule has 0 saturated carbocycles. The van der Waals surface area contributed by atoms with Crippen molar-refractivity contribution in [3.05, 3.63) is 54.1 Å². The number of para-hydroxylation sites is 1. The number of carbonyl (C=O) groups is 1. The van der Waals surface area contributed by atoms with Crippen molar-refractivity contribution in [3.63, 3.8) is 0 Å². The normalized spacial score (nSPS) is 11.7. The highest BCUT2D eigenvalue weighted by Gasteiger charge is 2.19. The van der Waals surface area contributed by atoms with Crippen LogP contribution in [0.2, 0.25) is 0 Å². The first-order valence-electron chi connectivity index (χ1n) is 7.60. The van der Waals surface area contributed by atoms with Crippen LogP contribution in [-0.2, 0) is 11.2 Å². The van der Waals surface area contributed by atoms with Crippen molar-refractivity contribution in [1.82, 2.24) is 0 Å². The maximum Gasteiger partial charge on any atom is 0.229 e. The summed E-state index contributed by atoms with van der Waals surface area (Å²) in [5.41, 5.74) is 1.95. The fourth-order valence-corrected chi connectivity index (χ4v) is 2.56. The van der Waals surface area contributed by atoms with Crippen molar-refractivity contribution >= 4 is 11.6 Å². The number of amides is 1. The number of nitrogens with zero attached hydrogens (tertiary/aromatic N) is 1. The molecular weight excluding hydrogens is 290 g/mol. The largest absolute Gasteiger partial charge is 0.493 e. The molecule has 0 aliphatic carbocycles. The summed E-state index contributed by atoms with van der Waals surface area (Å²) in [7, 11) is 5.03. The number of methoxy groups -OCH3 is 2. The highest BCUT2D eigenvalue weighted by molar-refractivity contribution is 5.94. The van der Waals surface area contributed by atoms with E-state index in [2.05, 4.69) is 0 Å². The highest BCUT2D eigenvalue weighted by Crippen LogP contribution is 2.28. The van der Waals surface area contributed by atoms with Crippen molar-refractivity contribution < 1.29 is 14.3 Å². The van der Waals surface area contributed by atoms with E-state index in [9.17, 15) is 4.79 Å². The molecule has 0 N–H and O–H groups in total. The van der Waals surface area contributed by atoms with Gasteiger partial charge in [-0.2, -0.15) is 0 Å². The Hall–Kier alpha value is -2.49. The molecule has 4 nitrogen and oxygen atoms in total. The third kappa shape index (κ3) is 4.03. The van der Waals surface area contributed by atoms with Crippen LogP contribution in [0.1, 0.15) is 12.5 Å². The molecule has 0 radical (unpaired) electrons. The number of carbonyl (C=O) groups excluding carboxylic acids is 1. The smallest absolute Gasteiger partial charge is 0.229 e. The molecule has 23 heavy (non-hydrogen) atoms. The first-order chi connectivity index (χ1) is 11.1. The lowest BCUT2D eigenvalue weighted by atomic mass is 9.99. The predicted molar refractivity (Wildman–Crippen MR) is 92.3 cm³/mol. The molecule has 0 spiro atoms. The molecule has 1 unspecified atom stereocenters. The molecule has 0 bridgehead atoms. The van der Waals surface area contributed by atoms with Crippen LogP contribution in [0.3, 0.4) is 0 Å². The van der Waals surface area contributed by atoms with Crippen molar-refractivity contribution in [2.24, 2.45) is 5.92 Å². The summed E-state index contributed by atoms with van der Waals surface area (Å²) < 4.78 is 10.6. The Morgan fingerprint density at radius 3 is 2.30 bits per heavy atom. The summed E-state index contributed by atoms with van der Waals surface area (Å²) >= 11 is 0. The Bertz CT molecular complexity index is 655. The van der Waals surface area contributed by atoms with E-state index in [-0.39, 0.29) is 11.8 Å². The molecule has 2 aromatic carbocycles. The van der Waals surface area contributed by atoms with E-state index in [0.717, 1.165) is 11.3 Å². The van der Waals surface area contributed by atoms with Crippen molar-refractivity contribution in [1.29, 1.82) is 0 Å². The minimum absolute atomic E-state index is 0.0889. The second-order valence-corrected chi connectivity index (χ2v) is 5.53. The lowest BCUT2D eigenvalue weighted by Crippen LogP contribution is -2.32. The summed E-state index contributed by atoms with van der Waals surface area (Å²) in [6.45, 7) is 1.94. The topological polar surface area (TPSA) is 38.8 Å². The summed E-state index contributed by atoms with van der Waals surface area (Å²) in [6.07, 6.45) is 0.649. The molecule has 122 valence electrons. The minimum Gasteiger partial charge on any atom is -0.493 e. The zero-order valence-corrected chi connectivity index (χ0v) is 14.1. The van der Waals surface area contributed by atoms with E-state index in [1.165, 1.54) is 0 Å². The van der Waals surface area contributed by atoms with Gasteiger partial charge in [0.15, 0.2) is 11.5 Å². The van der Waals surface area contributed by atoms with Crippen LogP contribution in [0.5, 0.6) is 11.5 Å². The van der Waals surface area contributed by atoms with Crippen molar-refractivity contribution in [3.8, 4) is 11.5 Å². The third-order valence-corrected chi connectivity index (χ3v) is 3.89. The molecule has 0 fully saturated rings. The SMILES string of the molecule is COc1ccc(CC(C)C(=O)N(C)c2ccccc2)cc1OC. The summed E-state index contributed by atoms with van der Waals surface area (Å²) in [5.74, 6) is 1.34. The Kier molecular flexibility index (Phi) is 5.63. The van der Waals surface area contributed by atoms with Crippen LogP contribution in [0, 0.1) is 5.92 Å². The lowest BCUT2D eigenvalue weighted by Gasteiger charge is -2.22. The molecular formula is C19H23NO3. The Morgan fingerprint density at radius 2 is 1.70 bits per heavy atom. The third-order valence-electron chi connectivity index (χ3n) is 3.89. The van der Waals surface area contributed by atoms with Gasteiger partial charge in [0.1, 0.15) is 0 Å². The van der Waals surface area contributed by atoms with Gasteiger partial charge in [0, 0.05) is 18.7 Å². The van der Waals surface area contributed by atoms with E-state index in [4.69, 9.17) is 9.47 Å². The van der Waals surface area contributed by atoms with E-state index in [1.807, 2.05) is 62.5 Å². The monoisotopic (exact) mass is 313 g/mol. The van der Waals surface area contributed by atoms with Crippen molar-refractivity contribution in [2.45, 2.75) is 13.3 Å². The van der Waals surface area contributed by atoms with E-state index >= 15 is 0 Å². The number of ether oxygens (including phenoxy) is 2. The maximum absolute atomic E-state index is 12.6. The molecule has 0 aliphatic rings. The molecule has 0 heterocycles. The number of hydrogen-bond acceptors (Lipinski definition) is 3. The predicted octanol–water partition coefficient (Wildman–Crippen LogP) is 3.55. The molecule has 1 amide bonds. The van der Waals surface area contributed by atoms with E-state index < -0.39 is 0 Å². The Labute approximate surface area is 137 Å². The van der Waals surface area contributed by atoms with Crippen LogP contribution in [0.25, 0.3) is 0 Å². The van der Waals surface area contributed by atoms with Crippen LogP contribution in [-0.4, -0.2) is 27.2 Å². The average Bonchev–Trinajstić information content (AvgIpc) is 2.60. The van der Waals surface area contributed by atoms with Gasteiger partial charge < -0.3 is 14.4 Å². The first-order valence-corrected chi connectivity index (χ1v) is 7.60. The fraction of sp³-hybridized carbons (Fsp3) is 0.316. The Morgan fingerprint density at radius 1 is 1.04 bits per heavy atom. The number of benzene rings is 2. The van der Waals surface area contributed by atoms with Crippen LogP contribution in [0.4, 0.5) is 5.69 Å². The molecule has 2 aromatic rings. The van der Waals surface area contributed by atoms with Gasteiger partial charge in [-0.25, -0.2) is 0 Å². The highest BCUT2D eigenvalue weighted by atomic mass is 16.5. The fourth-order valence-electron chi connectivity index (χ4n) is 2.56. The van der Waals surface area contributed by atoms with Crippen LogP contribution >= 0.6 is 0 Å². The summed E-state index contributed by atoms with van der Waals surface area (Å²) in [4.78, 5) is 14.3. The summed E-state index contributed by atoms with van der Waals surface area (Å²) in [5, 5.41) is 0. The standard InChI is InChI=1S/C19H23NO3/c1-14(19(21)20(2)16-8-6-5-7-9-16)12-15-10-11-17(22-3)18(13-15)23-4/h5-11,13-14H,12H2,1-4H3. The number of anilines is 1. The molecule has 0 aliphatic heterocycles. The van der Waals surface area contributed by atoms with Gasteiger partial charge in [0.25, 0.3) is 0 Å². The number of rotatable bonds is 6. The maximum atomic E-state index is 12.6. The van der Waals surface area contributed by atoms with E-state index in [1.54, 1.807) is 19.1 Å². The average molecular weight is 313 g/mol. The minimum atomic E-state index is -0.127. The molecule has 4 heteroatoms. The van der Waals surface area contributed by atoms with Gasteiger partial charge in [-0.3, -0.25) is 4.79 Å².